The second-order valence-electron chi connectivity index (χ2n) is 12.7. The van der Waals surface area contributed by atoms with Gasteiger partial charge in [0.05, 0.1) is 36.3 Å². The molecule has 0 unspecified atom stereocenters. The molecule has 290 valence electrons. The van der Waals surface area contributed by atoms with Crippen LogP contribution in [0.5, 0.6) is 0 Å². The number of anilines is 2. The molecule has 5 N–H and O–H groups in total. The van der Waals surface area contributed by atoms with Gasteiger partial charge in [-0.2, -0.15) is 10.2 Å². The Morgan fingerprint density at radius 1 is 0.736 bits per heavy atom. The predicted octanol–water partition coefficient (Wildman–Crippen LogP) is 3.00. The van der Waals surface area contributed by atoms with Crippen molar-refractivity contribution in [2.45, 2.75) is 79.8 Å². The maximum Gasteiger partial charge on any atom is 0.320 e. The number of nitrogens with zero attached hydrogens (tertiary/aromatic N) is 12. The lowest BCUT2D eigenvalue weighted by Crippen LogP contribution is -2.48. The van der Waals surface area contributed by atoms with Crippen molar-refractivity contribution in [3.63, 3.8) is 0 Å². The highest BCUT2D eigenvalue weighted by molar-refractivity contribution is 5.99. The van der Waals surface area contributed by atoms with Gasteiger partial charge in [0, 0.05) is 59.3 Å². The van der Waals surface area contributed by atoms with Crippen LogP contribution in [0.15, 0.2) is 30.0 Å². The van der Waals surface area contributed by atoms with Crippen LogP contribution in [-0.2, 0) is 17.9 Å². The second-order valence-corrected chi connectivity index (χ2v) is 12.7. The van der Waals surface area contributed by atoms with Gasteiger partial charge in [0.1, 0.15) is 24.3 Å². The minimum absolute atomic E-state index is 0.145. The summed E-state index contributed by atoms with van der Waals surface area (Å²) in [5, 5.41) is 19.0. The number of piperazine rings is 1. The predicted molar refractivity (Wildman–Crippen MR) is 209 cm³/mol. The summed E-state index contributed by atoms with van der Waals surface area (Å²) in [4.78, 5) is 51.3. The molecule has 0 bridgehead atoms. The van der Waals surface area contributed by atoms with E-state index in [1.807, 2.05) is 42.0 Å². The molecule has 6 rings (SSSR count). The average molecular weight is 735 g/mol. The number of hydrogen-bond donors (Lipinski definition) is 4. The van der Waals surface area contributed by atoms with Gasteiger partial charge < -0.3 is 26.2 Å². The van der Waals surface area contributed by atoms with Gasteiger partial charge in [0.25, 0.3) is 0 Å². The molecule has 18 nitrogen and oxygen atoms in total. The fourth-order valence-corrected chi connectivity index (χ4v) is 6.04. The quantitative estimate of drug-likeness (QED) is 0.123. The number of likely N-dealkylation sites (tertiary alicyclic amines) is 1. The highest BCUT2D eigenvalue weighted by Gasteiger charge is 2.19. The van der Waals surface area contributed by atoms with Gasteiger partial charge >= 0.3 is 6.03 Å². The monoisotopic (exact) mass is 734 g/mol. The summed E-state index contributed by atoms with van der Waals surface area (Å²) < 4.78 is 3.76. The standard InChI is InChI=1S/C17H27N9O.C16H25N7O.C2H6/c1-3-4-19-17(18)23-15-14-11-22-26(16(14)21-12-20-15)10-7-24-5-8-25(9-6-24)13(2)27;1-2-6-17-16(24)21-14-13-11-20-23(15(13)19-12-18-14)10-9-22-7-4-3-5-8-22;1-2/h11-12H,3-10H2,1-2H3,(H3,18,19,20,21,23);11-12H,2-10H2,1H3,(H2,17,18,19,21,24);1-2H3. The summed E-state index contributed by atoms with van der Waals surface area (Å²) in [5.41, 5.74) is 7.41. The van der Waals surface area contributed by atoms with Crippen molar-refractivity contribution < 1.29 is 9.59 Å². The number of amides is 3. The first kappa shape index (κ1) is 40.8. The Hall–Kier alpha value is -4.97. The molecule has 4 aromatic rings. The number of guanidine groups is 1. The molecule has 2 saturated heterocycles. The zero-order valence-electron chi connectivity index (χ0n) is 32.1. The van der Waals surface area contributed by atoms with Crippen molar-refractivity contribution in [2.75, 3.05) is 76.1 Å². The molecule has 53 heavy (non-hydrogen) atoms. The fourth-order valence-electron chi connectivity index (χ4n) is 6.04. The Balaban J connectivity index is 0.000000228. The second kappa shape index (κ2) is 21.5. The highest BCUT2D eigenvalue weighted by atomic mass is 16.2. The maximum atomic E-state index is 11.8. The number of aliphatic imine (C=N–C) groups is 1. The third-order valence-corrected chi connectivity index (χ3v) is 8.91. The number of carbonyl (C=O) groups is 2. The van der Waals surface area contributed by atoms with Crippen molar-refractivity contribution in [3.8, 4) is 0 Å². The van der Waals surface area contributed by atoms with Crippen LogP contribution in [0.25, 0.3) is 22.1 Å². The van der Waals surface area contributed by atoms with Gasteiger partial charge in [-0.05, 0) is 38.8 Å². The number of hydrogen-bond acceptors (Lipinski definition) is 11. The Labute approximate surface area is 312 Å². The van der Waals surface area contributed by atoms with Crippen molar-refractivity contribution in [2.24, 2.45) is 10.7 Å². The Morgan fingerprint density at radius 3 is 1.81 bits per heavy atom. The molecule has 4 aromatic heterocycles. The molecular formula is C35H58N16O2. The Morgan fingerprint density at radius 2 is 1.28 bits per heavy atom. The van der Waals surface area contributed by atoms with Crippen LogP contribution in [0.4, 0.5) is 16.4 Å². The zero-order chi connectivity index (χ0) is 38.0. The van der Waals surface area contributed by atoms with Gasteiger partial charge in [0.2, 0.25) is 5.91 Å². The number of urea groups is 1. The van der Waals surface area contributed by atoms with E-state index in [1.165, 1.54) is 45.0 Å². The van der Waals surface area contributed by atoms with Gasteiger partial charge in [-0.3, -0.25) is 20.0 Å². The van der Waals surface area contributed by atoms with Crippen molar-refractivity contribution in [3.05, 3.63) is 25.0 Å². The largest absolute Gasteiger partial charge is 0.370 e. The van der Waals surface area contributed by atoms with E-state index in [4.69, 9.17) is 5.73 Å². The molecule has 2 aliphatic heterocycles. The number of fused-ring (bicyclic) bond motifs is 2. The molecule has 0 spiro atoms. The van der Waals surface area contributed by atoms with Crippen LogP contribution in [0, 0.1) is 0 Å². The molecule has 2 fully saturated rings. The maximum absolute atomic E-state index is 11.8. The van der Waals surface area contributed by atoms with E-state index >= 15 is 0 Å². The van der Waals surface area contributed by atoms with Gasteiger partial charge in [0.15, 0.2) is 17.3 Å². The third kappa shape index (κ3) is 12.0. The molecule has 2 aliphatic rings. The van der Waals surface area contributed by atoms with Gasteiger partial charge in [-0.15, -0.1) is 0 Å². The van der Waals surface area contributed by atoms with Crippen LogP contribution >= 0.6 is 0 Å². The summed E-state index contributed by atoms with van der Waals surface area (Å²) in [6, 6.07) is -0.252. The molecule has 6 heterocycles. The number of piperidine rings is 1. The fraction of sp³-hybridized carbons (Fsp3) is 0.629. The van der Waals surface area contributed by atoms with E-state index in [1.54, 1.807) is 19.3 Å². The molecule has 0 aromatic carbocycles. The van der Waals surface area contributed by atoms with Crippen LogP contribution < -0.4 is 21.7 Å². The number of nitrogens with one attached hydrogen (secondary N) is 3. The van der Waals surface area contributed by atoms with Gasteiger partial charge in [-0.25, -0.2) is 34.1 Å². The molecule has 3 amide bonds. The van der Waals surface area contributed by atoms with Crippen molar-refractivity contribution in [1.29, 1.82) is 0 Å². The Bertz CT molecular complexity index is 1740. The third-order valence-electron chi connectivity index (χ3n) is 8.91. The number of carbonyl (C=O) groups excluding carboxylic acids is 2. The summed E-state index contributed by atoms with van der Waals surface area (Å²) >= 11 is 0. The minimum Gasteiger partial charge on any atom is -0.370 e. The lowest BCUT2D eigenvalue weighted by atomic mass is 10.1. The van der Waals surface area contributed by atoms with Gasteiger partial charge in [-0.1, -0.05) is 34.1 Å². The van der Waals surface area contributed by atoms with E-state index in [0.717, 1.165) is 87.3 Å². The molecule has 0 saturated carbocycles. The van der Waals surface area contributed by atoms with Crippen molar-refractivity contribution in [1.82, 2.24) is 59.5 Å². The zero-order valence-corrected chi connectivity index (χ0v) is 32.1. The topological polar surface area (TPSA) is 206 Å². The average Bonchev–Trinajstić information content (AvgIpc) is 3.81. The molecule has 0 aliphatic carbocycles. The molecule has 0 radical (unpaired) electrons. The van der Waals surface area contributed by atoms with E-state index in [0.29, 0.717) is 30.7 Å². The number of nitrogens with two attached hydrogens (primary N) is 1. The molecule has 18 heteroatoms. The lowest BCUT2D eigenvalue weighted by molar-refractivity contribution is -0.130. The highest BCUT2D eigenvalue weighted by Crippen LogP contribution is 2.20. The van der Waals surface area contributed by atoms with Crippen LogP contribution in [0.3, 0.4) is 0 Å². The summed E-state index contributed by atoms with van der Waals surface area (Å²) in [6.45, 7) is 20.0. The van der Waals surface area contributed by atoms with Crippen LogP contribution in [0.2, 0.25) is 0 Å². The van der Waals surface area contributed by atoms with Crippen LogP contribution in [-0.4, -0.2) is 138 Å². The summed E-state index contributed by atoms with van der Waals surface area (Å²) in [5.74, 6) is 1.59. The first-order chi connectivity index (χ1) is 25.9. The molecular weight excluding hydrogens is 676 g/mol. The minimum atomic E-state index is -0.252. The normalized spacial score (nSPS) is 15.3. The number of aromatic nitrogens is 8. The first-order valence-corrected chi connectivity index (χ1v) is 19.0. The smallest absolute Gasteiger partial charge is 0.320 e. The van der Waals surface area contributed by atoms with E-state index in [2.05, 4.69) is 60.9 Å². The SMILES string of the molecule is CC.CCCN=C(N)Nc1ncnc2c1cnn2CCN1CCN(C(C)=O)CC1.CCCNC(=O)Nc1ncnc2c1cnn2CCN1CCCCC1. The van der Waals surface area contributed by atoms with Crippen LogP contribution in [0.1, 0.15) is 66.7 Å². The summed E-state index contributed by atoms with van der Waals surface area (Å²) in [6.07, 6.45) is 12.2. The first-order valence-electron chi connectivity index (χ1n) is 19.0. The number of rotatable bonds is 12. The molecule has 0 atom stereocenters. The lowest BCUT2D eigenvalue weighted by Gasteiger charge is -2.34. The van der Waals surface area contributed by atoms with E-state index in [-0.39, 0.29) is 11.9 Å². The van der Waals surface area contributed by atoms with E-state index < -0.39 is 0 Å². The summed E-state index contributed by atoms with van der Waals surface area (Å²) in [7, 11) is 0. The van der Waals surface area contributed by atoms with E-state index in [9.17, 15) is 9.59 Å². The Kier molecular flexibility index (Phi) is 16.6. The van der Waals surface area contributed by atoms with Crippen molar-refractivity contribution >= 4 is 51.6 Å².